The van der Waals surface area contributed by atoms with Gasteiger partial charge in [0.1, 0.15) is 5.75 Å². The Hall–Kier alpha value is -1.55. The Morgan fingerprint density at radius 2 is 1.92 bits per heavy atom. The molecule has 0 unspecified atom stereocenters. The summed E-state index contributed by atoms with van der Waals surface area (Å²) in [6, 6.07) is 7.96. The molecule has 1 amide bonds. The summed E-state index contributed by atoms with van der Waals surface area (Å²) < 4.78 is 11.2. The molecule has 0 radical (unpaired) electrons. The number of methoxy groups -OCH3 is 1. The number of amides is 1. The number of rotatable bonds is 7. The van der Waals surface area contributed by atoms with Gasteiger partial charge in [-0.05, 0) is 62.1 Å². The highest BCUT2D eigenvalue weighted by Gasteiger charge is 2.42. The van der Waals surface area contributed by atoms with Gasteiger partial charge in [-0.3, -0.25) is 4.79 Å². The van der Waals surface area contributed by atoms with Crippen LogP contribution in [-0.2, 0) is 16.1 Å². The van der Waals surface area contributed by atoms with Crippen molar-refractivity contribution in [3.8, 4) is 5.75 Å². The fourth-order valence-corrected chi connectivity index (χ4v) is 4.17. The molecule has 1 fully saturated rings. The molecule has 2 rings (SSSR count). The lowest BCUT2D eigenvalue weighted by atomic mass is 9.65. The van der Waals surface area contributed by atoms with E-state index < -0.39 is 0 Å². The Labute approximate surface area is 158 Å². The maximum atomic E-state index is 12.2. The summed E-state index contributed by atoms with van der Waals surface area (Å²) in [5, 5.41) is 0. The minimum Gasteiger partial charge on any atom is -0.497 e. The smallest absolute Gasteiger partial charge is 0.219 e. The van der Waals surface area contributed by atoms with E-state index in [0.717, 1.165) is 43.7 Å². The quantitative estimate of drug-likeness (QED) is 0.709. The Bertz CT molecular complexity index is 594. The van der Waals surface area contributed by atoms with Crippen molar-refractivity contribution in [2.75, 3.05) is 20.3 Å². The monoisotopic (exact) mass is 361 g/mol. The molecule has 4 heteroatoms. The van der Waals surface area contributed by atoms with E-state index in [1.165, 1.54) is 0 Å². The van der Waals surface area contributed by atoms with Gasteiger partial charge in [0.05, 0.1) is 12.7 Å². The van der Waals surface area contributed by atoms with Crippen molar-refractivity contribution in [1.29, 1.82) is 0 Å². The van der Waals surface area contributed by atoms with Crippen LogP contribution < -0.4 is 4.74 Å². The van der Waals surface area contributed by atoms with Crippen LogP contribution in [0.2, 0.25) is 0 Å². The lowest BCUT2D eigenvalue weighted by molar-refractivity contribution is -0.134. The van der Waals surface area contributed by atoms with E-state index in [-0.39, 0.29) is 16.9 Å². The molecular formula is C22H35NO3. The predicted octanol–water partition coefficient (Wildman–Crippen LogP) is 4.67. The Morgan fingerprint density at radius 3 is 2.42 bits per heavy atom. The van der Waals surface area contributed by atoms with E-state index in [2.05, 4.69) is 27.7 Å². The van der Waals surface area contributed by atoms with E-state index >= 15 is 0 Å². The standard InChI is InChI=1S/C22H35NO3/c1-17(2)22(12-14-26-21(4,5)16-22)11-13-23(18(3)24)15-19-7-9-20(25-6)10-8-19/h7-10,17H,11-16H2,1-6H3/t22-/m0/s1. The molecule has 26 heavy (non-hydrogen) atoms. The number of carbonyl (C=O) groups excluding carboxylic acids is 1. The van der Waals surface area contributed by atoms with Gasteiger partial charge in [0.25, 0.3) is 0 Å². The Morgan fingerprint density at radius 1 is 1.27 bits per heavy atom. The number of benzene rings is 1. The lowest BCUT2D eigenvalue weighted by Gasteiger charge is -2.48. The van der Waals surface area contributed by atoms with Crippen molar-refractivity contribution in [2.24, 2.45) is 11.3 Å². The van der Waals surface area contributed by atoms with E-state index in [0.29, 0.717) is 12.5 Å². The van der Waals surface area contributed by atoms with Crippen molar-refractivity contribution < 1.29 is 14.3 Å². The molecule has 0 bridgehead atoms. The molecule has 1 aromatic carbocycles. The first-order chi connectivity index (χ1) is 12.2. The van der Waals surface area contributed by atoms with Crippen molar-refractivity contribution in [2.45, 2.75) is 66.0 Å². The molecule has 1 heterocycles. The summed E-state index contributed by atoms with van der Waals surface area (Å²) in [6.07, 6.45) is 3.14. The summed E-state index contributed by atoms with van der Waals surface area (Å²) in [7, 11) is 1.66. The number of nitrogens with zero attached hydrogens (tertiary/aromatic N) is 1. The summed E-state index contributed by atoms with van der Waals surface area (Å²) in [4.78, 5) is 14.2. The van der Waals surface area contributed by atoms with Gasteiger partial charge in [-0.1, -0.05) is 26.0 Å². The van der Waals surface area contributed by atoms with E-state index in [9.17, 15) is 4.79 Å². The molecular weight excluding hydrogens is 326 g/mol. The minimum absolute atomic E-state index is 0.0838. The average molecular weight is 362 g/mol. The third-order valence-corrected chi connectivity index (χ3v) is 5.95. The summed E-state index contributed by atoms with van der Waals surface area (Å²) >= 11 is 0. The molecule has 1 aromatic rings. The molecule has 1 aliphatic heterocycles. The summed E-state index contributed by atoms with van der Waals surface area (Å²) in [6.45, 7) is 12.9. The van der Waals surface area contributed by atoms with Crippen LogP contribution in [0.5, 0.6) is 5.75 Å². The fourth-order valence-electron chi connectivity index (χ4n) is 4.17. The van der Waals surface area contributed by atoms with Crippen molar-refractivity contribution in [3.63, 3.8) is 0 Å². The molecule has 0 N–H and O–H groups in total. The molecule has 4 nitrogen and oxygen atoms in total. The summed E-state index contributed by atoms with van der Waals surface area (Å²) in [5.74, 6) is 1.54. The number of hydrogen-bond acceptors (Lipinski definition) is 3. The second kappa shape index (κ2) is 8.43. The van der Waals surface area contributed by atoms with Gasteiger partial charge in [0.15, 0.2) is 0 Å². The van der Waals surface area contributed by atoms with Crippen LogP contribution in [0.4, 0.5) is 0 Å². The predicted molar refractivity (Wildman–Crippen MR) is 105 cm³/mol. The van der Waals surface area contributed by atoms with Crippen molar-refractivity contribution >= 4 is 5.91 Å². The van der Waals surface area contributed by atoms with Gasteiger partial charge in [0.2, 0.25) is 5.91 Å². The van der Waals surface area contributed by atoms with Crippen LogP contribution in [-0.4, -0.2) is 36.7 Å². The van der Waals surface area contributed by atoms with Gasteiger partial charge in [0, 0.05) is 26.6 Å². The van der Waals surface area contributed by atoms with Crippen LogP contribution in [0, 0.1) is 11.3 Å². The Kier molecular flexibility index (Phi) is 6.73. The topological polar surface area (TPSA) is 38.8 Å². The maximum Gasteiger partial charge on any atom is 0.219 e. The second-order valence-electron chi connectivity index (χ2n) is 8.59. The largest absolute Gasteiger partial charge is 0.497 e. The lowest BCUT2D eigenvalue weighted by Crippen LogP contribution is -2.46. The molecule has 1 atom stereocenters. The first kappa shape index (κ1) is 20.8. The van der Waals surface area contributed by atoms with Crippen LogP contribution >= 0.6 is 0 Å². The fraction of sp³-hybridized carbons (Fsp3) is 0.682. The van der Waals surface area contributed by atoms with Crippen molar-refractivity contribution in [1.82, 2.24) is 4.90 Å². The van der Waals surface area contributed by atoms with Crippen LogP contribution in [0.1, 0.15) is 59.4 Å². The van der Waals surface area contributed by atoms with Crippen LogP contribution in [0.15, 0.2) is 24.3 Å². The molecule has 1 saturated heterocycles. The molecule has 0 saturated carbocycles. The zero-order valence-corrected chi connectivity index (χ0v) is 17.3. The molecule has 0 aromatic heterocycles. The average Bonchev–Trinajstić information content (AvgIpc) is 2.57. The van der Waals surface area contributed by atoms with Gasteiger partial charge in [-0.25, -0.2) is 0 Å². The highest BCUT2D eigenvalue weighted by Crippen LogP contribution is 2.46. The normalized spacial score (nSPS) is 22.3. The molecule has 1 aliphatic rings. The third kappa shape index (κ3) is 5.23. The van der Waals surface area contributed by atoms with Gasteiger partial charge >= 0.3 is 0 Å². The first-order valence-corrected chi connectivity index (χ1v) is 9.70. The van der Waals surface area contributed by atoms with Crippen LogP contribution in [0.25, 0.3) is 0 Å². The highest BCUT2D eigenvalue weighted by atomic mass is 16.5. The van der Waals surface area contributed by atoms with Gasteiger partial charge in [-0.15, -0.1) is 0 Å². The SMILES string of the molecule is COc1ccc(CN(CC[C@]2(C(C)C)CCOC(C)(C)C2)C(C)=O)cc1. The summed E-state index contributed by atoms with van der Waals surface area (Å²) in [5.41, 5.74) is 1.28. The zero-order chi connectivity index (χ0) is 19.4. The van der Waals surface area contributed by atoms with Gasteiger partial charge in [-0.2, -0.15) is 0 Å². The number of ether oxygens (including phenoxy) is 2. The van der Waals surface area contributed by atoms with Gasteiger partial charge < -0.3 is 14.4 Å². The second-order valence-corrected chi connectivity index (χ2v) is 8.59. The minimum atomic E-state index is -0.0838. The zero-order valence-electron chi connectivity index (χ0n) is 17.3. The van der Waals surface area contributed by atoms with E-state index in [1.54, 1.807) is 14.0 Å². The van der Waals surface area contributed by atoms with Crippen molar-refractivity contribution in [3.05, 3.63) is 29.8 Å². The number of hydrogen-bond donors (Lipinski definition) is 0. The molecule has 146 valence electrons. The highest BCUT2D eigenvalue weighted by molar-refractivity contribution is 5.73. The molecule has 0 spiro atoms. The first-order valence-electron chi connectivity index (χ1n) is 9.70. The van der Waals surface area contributed by atoms with E-state index in [4.69, 9.17) is 9.47 Å². The number of carbonyl (C=O) groups is 1. The van der Waals surface area contributed by atoms with Crippen LogP contribution in [0.3, 0.4) is 0 Å². The Balaban J connectivity index is 2.07. The maximum absolute atomic E-state index is 12.2. The van der Waals surface area contributed by atoms with E-state index in [1.807, 2.05) is 29.2 Å². The third-order valence-electron chi connectivity index (χ3n) is 5.95. The molecule has 0 aliphatic carbocycles.